The molecular formula is C26H20ClN5O3. The van der Waals surface area contributed by atoms with Crippen molar-refractivity contribution in [3.05, 3.63) is 105 Å². The number of nitriles is 1. The van der Waals surface area contributed by atoms with Crippen molar-refractivity contribution < 1.29 is 9.47 Å². The Morgan fingerprint density at radius 3 is 2.69 bits per heavy atom. The molecule has 9 heteroatoms. The number of methoxy groups -OCH3 is 1. The molecule has 0 unspecified atom stereocenters. The van der Waals surface area contributed by atoms with Crippen molar-refractivity contribution in [3.8, 4) is 28.8 Å². The molecule has 3 aromatic carbocycles. The first-order valence-corrected chi connectivity index (χ1v) is 10.9. The maximum atomic E-state index is 12.4. The highest BCUT2D eigenvalue weighted by atomic mass is 35.5. The molecular weight excluding hydrogens is 466 g/mol. The largest absolute Gasteiger partial charge is 0.493 e. The molecule has 1 heterocycles. The number of halogens is 1. The average Bonchev–Trinajstić information content (AvgIpc) is 2.88. The second-order valence-electron chi connectivity index (χ2n) is 7.31. The van der Waals surface area contributed by atoms with E-state index in [9.17, 15) is 10.1 Å². The molecule has 0 atom stereocenters. The molecule has 0 aliphatic heterocycles. The lowest BCUT2D eigenvalue weighted by Gasteiger charge is -2.11. The zero-order valence-electron chi connectivity index (χ0n) is 18.7. The Morgan fingerprint density at radius 1 is 1.11 bits per heavy atom. The van der Waals surface area contributed by atoms with Gasteiger partial charge in [0.2, 0.25) is 5.95 Å². The van der Waals surface area contributed by atoms with Crippen LogP contribution in [-0.2, 0) is 6.61 Å². The number of hydrogen-bond acceptors (Lipinski definition) is 7. The van der Waals surface area contributed by atoms with E-state index in [-0.39, 0.29) is 17.2 Å². The lowest BCUT2D eigenvalue weighted by molar-refractivity contribution is 0.284. The van der Waals surface area contributed by atoms with E-state index in [0.717, 1.165) is 11.1 Å². The van der Waals surface area contributed by atoms with Crippen molar-refractivity contribution in [2.75, 3.05) is 12.5 Å². The van der Waals surface area contributed by atoms with E-state index in [1.807, 2.05) is 30.3 Å². The number of benzene rings is 3. The van der Waals surface area contributed by atoms with Crippen LogP contribution in [-0.4, -0.2) is 23.3 Å². The lowest BCUT2D eigenvalue weighted by Crippen LogP contribution is -2.16. The van der Waals surface area contributed by atoms with E-state index in [1.165, 1.54) is 0 Å². The molecule has 0 bridgehead atoms. The number of H-pyrrole nitrogens is 1. The number of hydrazone groups is 1. The molecule has 0 saturated heterocycles. The topological polar surface area (TPSA) is 112 Å². The van der Waals surface area contributed by atoms with Gasteiger partial charge in [-0.15, -0.1) is 0 Å². The van der Waals surface area contributed by atoms with E-state index >= 15 is 0 Å². The Labute approximate surface area is 206 Å². The molecule has 1 aromatic heterocycles. The number of nitrogens with one attached hydrogen (secondary N) is 2. The summed E-state index contributed by atoms with van der Waals surface area (Å²) in [5.41, 5.74) is 4.66. The maximum absolute atomic E-state index is 12.4. The summed E-state index contributed by atoms with van der Waals surface area (Å²) in [4.78, 5) is 19.3. The van der Waals surface area contributed by atoms with Gasteiger partial charge in [-0.25, -0.2) is 10.4 Å². The summed E-state index contributed by atoms with van der Waals surface area (Å²) < 4.78 is 11.3. The summed E-state index contributed by atoms with van der Waals surface area (Å²) >= 11 is 6.04. The fraction of sp³-hybridized carbons (Fsp3) is 0.0769. The summed E-state index contributed by atoms with van der Waals surface area (Å²) in [6.45, 7) is 0.314. The van der Waals surface area contributed by atoms with Gasteiger partial charge in [0.25, 0.3) is 5.56 Å². The minimum atomic E-state index is -0.555. The standard InChI is InChI=1S/C26H20ClN5O3/c1-34-22-11-10-17(13-23(22)35-16-18-6-5-9-20(27)12-18)15-29-32-26-30-24(19-7-3-2-4-8-19)21(14-28)25(33)31-26/h2-13,15H,16H2,1H3,(H2,30,31,32,33). The molecule has 4 aromatic rings. The first kappa shape index (κ1) is 23.5. The van der Waals surface area contributed by atoms with E-state index in [0.29, 0.717) is 28.7 Å². The predicted octanol–water partition coefficient (Wildman–Crippen LogP) is 5.00. The lowest BCUT2D eigenvalue weighted by atomic mass is 10.1. The smallest absolute Gasteiger partial charge is 0.270 e. The van der Waals surface area contributed by atoms with E-state index < -0.39 is 5.56 Å². The van der Waals surface area contributed by atoms with Crippen molar-refractivity contribution in [1.82, 2.24) is 9.97 Å². The highest BCUT2D eigenvalue weighted by Gasteiger charge is 2.13. The van der Waals surface area contributed by atoms with Crippen LogP contribution in [0.3, 0.4) is 0 Å². The Balaban J connectivity index is 1.52. The first-order chi connectivity index (χ1) is 17.1. The third kappa shape index (κ3) is 5.85. The molecule has 0 spiro atoms. The minimum Gasteiger partial charge on any atom is -0.493 e. The summed E-state index contributed by atoms with van der Waals surface area (Å²) in [6, 6.07) is 23.7. The summed E-state index contributed by atoms with van der Waals surface area (Å²) in [5.74, 6) is 1.21. The first-order valence-electron chi connectivity index (χ1n) is 10.5. The zero-order valence-corrected chi connectivity index (χ0v) is 19.4. The van der Waals surface area contributed by atoms with Crippen LogP contribution in [0.1, 0.15) is 16.7 Å². The van der Waals surface area contributed by atoms with Crippen molar-refractivity contribution >= 4 is 23.8 Å². The van der Waals surface area contributed by atoms with Gasteiger partial charge in [-0.05, 0) is 41.5 Å². The number of aromatic amines is 1. The minimum absolute atomic E-state index is 0.0672. The van der Waals surface area contributed by atoms with Gasteiger partial charge >= 0.3 is 0 Å². The van der Waals surface area contributed by atoms with Gasteiger partial charge < -0.3 is 9.47 Å². The quantitative estimate of drug-likeness (QED) is 0.268. The monoisotopic (exact) mass is 485 g/mol. The van der Waals surface area contributed by atoms with Gasteiger partial charge in [0.05, 0.1) is 19.0 Å². The predicted molar refractivity (Wildman–Crippen MR) is 135 cm³/mol. The molecule has 0 aliphatic rings. The third-order valence-corrected chi connectivity index (χ3v) is 5.17. The number of hydrogen-bond donors (Lipinski definition) is 2. The van der Waals surface area contributed by atoms with Crippen molar-refractivity contribution in [2.45, 2.75) is 6.61 Å². The van der Waals surface area contributed by atoms with Crippen molar-refractivity contribution in [2.24, 2.45) is 5.10 Å². The molecule has 0 fully saturated rings. The average molecular weight is 486 g/mol. The van der Waals surface area contributed by atoms with Gasteiger partial charge in [0, 0.05) is 10.6 Å². The molecule has 174 valence electrons. The van der Waals surface area contributed by atoms with E-state index in [4.69, 9.17) is 21.1 Å². The van der Waals surface area contributed by atoms with E-state index in [1.54, 1.807) is 61.9 Å². The highest BCUT2D eigenvalue weighted by molar-refractivity contribution is 6.30. The molecule has 0 saturated carbocycles. The van der Waals surface area contributed by atoms with Crippen molar-refractivity contribution in [1.29, 1.82) is 5.26 Å². The van der Waals surface area contributed by atoms with Gasteiger partial charge in [-0.3, -0.25) is 9.78 Å². The van der Waals surface area contributed by atoms with Crippen LogP contribution < -0.4 is 20.5 Å². The molecule has 2 N–H and O–H groups in total. The molecule has 0 radical (unpaired) electrons. The fourth-order valence-electron chi connectivity index (χ4n) is 3.28. The molecule has 0 aliphatic carbocycles. The SMILES string of the molecule is COc1ccc(C=NNc2nc(-c3ccccc3)c(C#N)c(=O)[nH]2)cc1OCc1cccc(Cl)c1. The number of anilines is 1. The van der Waals surface area contributed by atoms with E-state index in [2.05, 4.69) is 20.5 Å². The normalized spacial score (nSPS) is 10.7. The second-order valence-corrected chi connectivity index (χ2v) is 7.75. The number of ether oxygens (including phenoxy) is 2. The number of rotatable bonds is 8. The molecule has 8 nitrogen and oxygen atoms in total. The number of aromatic nitrogens is 2. The van der Waals surface area contributed by atoms with Crippen molar-refractivity contribution in [3.63, 3.8) is 0 Å². The van der Waals surface area contributed by atoms with Crippen LogP contribution in [0.4, 0.5) is 5.95 Å². The zero-order chi connectivity index (χ0) is 24.6. The summed E-state index contributed by atoms with van der Waals surface area (Å²) in [5, 5.41) is 14.2. The number of nitrogens with zero attached hydrogens (tertiary/aromatic N) is 3. The Morgan fingerprint density at radius 2 is 1.94 bits per heavy atom. The maximum Gasteiger partial charge on any atom is 0.270 e. The molecule has 35 heavy (non-hydrogen) atoms. The Kier molecular flexibility index (Phi) is 7.40. The van der Waals surface area contributed by atoms with Crippen LogP contribution in [0.2, 0.25) is 5.02 Å². The van der Waals surface area contributed by atoms with Crippen LogP contribution in [0, 0.1) is 11.3 Å². The molecule has 4 rings (SSSR count). The third-order valence-electron chi connectivity index (χ3n) is 4.93. The second kappa shape index (κ2) is 11.0. The van der Waals surface area contributed by atoms with Crippen LogP contribution in [0.25, 0.3) is 11.3 Å². The summed E-state index contributed by atoms with van der Waals surface area (Å²) in [7, 11) is 1.56. The van der Waals surface area contributed by atoms with Gasteiger partial charge in [0.1, 0.15) is 18.2 Å². The van der Waals surface area contributed by atoms with Gasteiger partial charge in [-0.2, -0.15) is 10.4 Å². The molecule has 0 amide bonds. The van der Waals surface area contributed by atoms with Gasteiger partial charge in [-0.1, -0.05) is 54.1 Å². The Bertz CT molecular complexity index is 1460. The van der Waals surface area contributed by atoms with Gasteiger partial charge in [0.15, 0.2) is 11.5 Å². The Hall–Kier alpha value is -4.61. The summed E-state index contributed by atoms with van der Waals surface area (Å²) in [6.07, 6.45) is 1.55. The fourth-order valence-corrected chi connectivity index (χ4v) is 3.49. The van der Waals surface area contributed by atoms with Crippen LogP contribution in [0.15, 0.2) is 82.7 Å². The van der Waals surface area contributed by atoms with Crippen LogP contribution >= 0.6 is 11.6 Å². The highest BCUT2D eigenvalue weighted by Crippen LogP contribution is 2.28. The van der Waals surface area contributed by atoms with Crippen LogP contribution in [0.5, 0.6) is 11.5 Å².